The van der Waals surface area contributed by atoms with Crippen LogP contribution in [0.25, 0.3) is 0 Å². The smallest absolute Gasteiger partial charge is 0.256 e. The van der Waals surface area contributed by atoms with Crippen molar-refractivity contribution in [2.45, 2.75) is 26.1 Å². The summed E-state index contributed by atoms with van der Waals surface area (Å²) in [6, 6.07) is 3.72. The van der Waals surface area contributed by atoms with Gasteiger partial charge in [0.05, 0.1) is 26.9 Å². The van der Waals surface area contributed by atoms with E-state index in [4.69, 9.17) is 14.2 Å². The van der Waals surface area contributed by atoms with Crippen molar-refractivity contribution in [3.05, 3.63) is 33.7 Å². The molecule has 2 aliphatic rings. The maximum atomic E-state index is 12.9. The van der Waals surface area contributed by atoms with Crippen LogP contribution in [0.5, 0.6) is 17.2 Å². The van der Waals surface area contributed by atoms with E-state index >= 15 is 0 Å². The summed E-state index contributed by atoms with van der Waals surface area (Å²) in [6.45, 7) is 5.10. The van der Waals surface area contributed by atoms with E-state index in [1.807, 2.05) is 12.1 Å². The van der Waals surface area contributed by atoms with Crippen LogP contribution in [0.3, 0.4) is 0 Å². The lowest BCUT2D eigenvalue weighted by Gasteiger charge is -2.28. The molecule has 2 aromatic rings. The van der Waals surface area contributed by atoms with Crippen molar-refractivity contribution in [3.8, 4) is 17.2 Å². The Kier molecular flexibility index (Phi) is 5.07. The summed E-state index contributed by atoms with van der Waals surface area (Å²) in [7, 11) is 4.74. The molecule has 0 fully saturated rings. The van der Waals surface area contributed by atoms with E-state index in [1.54, 1.807) is 32.7 Å². The number of benzene rings is 1. The number of amides is 1. The van der Waals surface area contributed by atoms with Crippen LogP contribution in [0.1, 0.15) is 39.5 Å². The molecule has 1 atom stereocenters. The zero-order chi connectivity index (χ0) is 19.8. The van der Waals surface area contributed by atoms with Crippen molar-refractivity contribution in [2.75, 3.05) is 39.7 Å². The lowest BCUT2D eigenvalue weighted by Crippen LogP contribution is -2.38. The van der Waals surface area contributed by atoms with Crippen LogP contribution in [-0.4, -0.2) is 45.2 Å². The minimum Gasteiger partial charge on any atom is -0.493 e. The van der Waals surface area contributed by atoms with Crippen LogP contribution >= 0.6 is 11.3 Å². The monoisotopic (exact) mass is 403 g/mol. The normalized spacial score (nSPS) is 18.6. The quantitative estimate of drug-likeness (QED) is 0.800. The Labute approximate surface area is 168 Å². The van der Waals surface area contributed by atoms with Crippen molar-refractivity contribution in [3.63, 3.8) is 0 Å². The lowest BCUT2D eigenvalue weighted by atomic mass is 10.00. The molecule has 28 heavy (non-hydrogen) atoms. The minimum absolute atomic E-state index is 0.0325. The first-order valence-corrected chi connectivity index (χ1v) is 10.1. The average molecular weight is 404 g/mol. The molecule has 0 unspecified atom stereocenters. The van der Waals surface area contributed by atoms with Crippen molar-refractivity contribution in [2.24, 2.45) is 0 Å². The Morgan fingerprint density at radius 1 is 1.14 bits per heavy atom. The van der Waals surface area contributed by atoms with E-state index in [1.165, 1.54) is 10.4 Å². The summed E-state index contributed by atoms with van der Waals surface area (Å²) >= 11 is 1.69. The topological polar surface area (TPSA) is 72.1 Å². The van der Waals surface area contributed by atoms with Crippen molar-refractivity contribution in [1.29, 1.82) is 0 Å². The molecular formula is C20H25N3O4S. The van der Waals surface area contributed by atoms with Crippen molar-refractivity contribution < 1.29 is 19.0 Å². The van der Waals surface area contributed by atoms with Crippen LogP contribution in [0.4, 0.5) is 5.00 Å². The Balaban J connectivity index is 1.69. The Morgan fingerprint density at radius 2 is 1.86 bits per heavy atom. The molecule has 2 N–H and O–H groups in total. The van der Waals surface area contributed by atoms with Crippen LogP contribution in [0.15, 0.2) is 12.1 Å². The fraction of sp³-hybridized carbons (Fsp3) is 0.450. The van der Waals surface area contributed by atoms with Crippen LogP contribution < -0.4 is 24.8 Å². The highest BCUT2D eigenvalue weighted by atomic mass is 32.1. The van der Waals surface area contributed by atoms with Gasteiger partial charge in [0.15, 0.2) is 11.5 Å². The van der Waals surface area contributed by atoms with Gasteiger partial charge in [0, 0.05) is 23.5 Å². The average Bonchev–Trinajstić information content (AvgIpc) is 3.10. The largest absolute Gasteiger partial charge is 0.493 e. The second-order valence-corrected chi connectivity index (χ2v) is 7.94. The molecule has 8 heteroatoms. The first-order valence-electron chi connectivity index (χ1n) is 9.33. The van der Waals surface area contributed by atoms with Gasteiger partial charge < -0.3 is 24.8 Å². The summed E-state index contributed by atoms with van der Waals surface area (Å²) in [5.74, 6) is 1.61. The predicted molar refractivity (Wildman–Crippen MR) is 109 cm³/mol. The number of anilines is 1. The fourth-order valence-electron chi connectivity index (χ4n) is 3.87. The Bertz CT molecular complexity index is 886. The van der Waals surface area contributed by atoms with E-state index < -0.39 is 0 Å². The molecule has 1 aromatic carbocycles. The van der Waals surface area contributed by atoms with Crippen molar-refractivity contribution >= 4 is 22.2 Å². The summed E-state index contributed by atoms with van der Waals surface area (Å²) in [5, 5.41) is 7.51. The van der Waals surface area contributed by atoms with Gasteiger partial charge >= 0.3 is 0 Å². The maximum Gasteiger partial charge on any atom is 0.256 e. The number of likely N-dealkylation sites (N-methyl/N-ethyl adjacent to an activating group) is 1. The Morgan fingerprint density at radius 3 is 2.46 bits per heavy atom. The molecular weight excluding hydrogens is 378 g/mol. The van der Waals surface area contributed by atoms with Gasteiger partial charge in [0.2, 0.25) is 5.75 Å². The number of fused-ring (bicyclic) bond motifs is 3. The van der Waals surface area contributed by atoms with Gasteiger partial charge in [-0.2, -0.15) is 0 Å². The third-order valence-corrected chi connectivity index (χ3v) is 6.53. The SMILES string of the molecule is CCN1CCc2c(sc3c2C(=O)N[C@H](c2cc(OC)c(OC)c(OC)c2)N3)C1. The van der Waals surface area contributed by atoms with Crippen LogP contribution in [0, 0.1) is 0 Å². The Hall–Kier alpha value is -2.45. The first kappa shape index (κ1) is 18.9. The number of ether oxygens (including phenoxy) is 3. The number of carbonyl (C=O) groups is 1. The molecule has 0 radical (unpaired) electrons. The van der Waals surface area contributed by atoms with Crippen LogP contribution in [0.2, 0.25) is 0 Å². The second-order valence-electron chi connectivity index (χ2n) is 6.84. The van der Waals surface area contributed by atoms with Gasteiger partial charge in [0.1, 0.15) is 11.2 Å². The van der Waals surface area contributed by atoms with E-state index in [0.717, 1.165) is 42.2 Å². The molecule has 7 nitrogen and oxygen atoms in total. The molecule has 4 rings (SSSR count). The highest BCUT2D eigenvalue weighted by Crippen LogP contribution is 2.43. The highest BCUT2D eigenvalue weighted by Gasteiger charge is 2.33. The summed E-state index contributed by atoms with van der Waals surface area (Å²) in [4.78, 5) is 16.6. The molecule has 0 saturated heterocycles. The van der Waals surface area contributed by atoms with E-state index in [0.29, 0.717) is 17.2 Å². The molecule has 0 bridgehead atoms. The fourth-order valence-corrected chi connectivity index (χ4v) is 5.19. The van der Waals surface area contributed by atoms with Gasteiger partial charge in [-0.3, -0.25) is 9.69 Å². The number of carbonyl (C=O) groups excluding carboxylic acids is 1. The number of thiophene rings is 1. The number of hydrogen-bond acceptors (Lipinski definition) is 7. The maximum absolute atomic E-state index is 12.9. The van der Waals surface area contributed by atoms with Gasteiger partial charge in [0.25, 0.3) is 5.91 Å². The van der Waals surface area contributed by atoms with E-state index in [-0.39, 0.29) is 12.1 Å². The molecule has 0 saturated carbocycles. The standard InChI is InChI=1S/C20H25N3O4S/c1-5-23-7-6-12-15(10-23)28-20-16(12)19(24)21-18(22-20)11-8-13(25-2)17(27-4)14(9-11)26-3/h8-9,18,22H,5-7,10H2,1-4H3,(H,21,24)/t18-/m0/s1. The van der Waals surface area contributed by atoms with Gasteiger partial charge in [-0.25, -0.2) is 0 Å². The zero-order valence-electron chi connectivity index (χ0n) is 16.5. The minimum atomic E-state index is -0.365. The number of rotatable bonds is 5. The van der Waals surface area contributed by atoms with Gasteiger partial charge in [-0.1, -0.05) is 6.92 Å². The third-order valence-electron chi connectivity index (χ3n) is 5.38. The number of nitrogens with one attached hydrogen (secondary N) is 2. The summed E-state index contributed by atoms with van der Waals surface area (Å²) in [5.41, 5.74) is 2.84. The molecule has 150 valence electrons. The molecule has 2 aliphatic heterocycles. The predicted octanol–water partition coefficient (Wildman–Crippen LogP) is 3.01. The first-order chi connectivity index (χ1) is 13.6. The number of methoxy groups -OCH3 is 3. The lowest BCUT2D eigenvalue weighted by molar-refractivity contribution is 0.0934. The summed E-state index contributed by atoms with van der Waals surface area (Å²) in [6.07, 6.45) is 0.551. The third kappa shape index (κ3) is 3.06. The highest BCUT2D eigenvalue weighted by molar-refractivity contribution is 7.16. The van der Waals surface area contributed by atoms with Crippen molar-refractivity contribution in [1.82, 2.24) is 10.2 Å². The van der Waals surface area contributed by atoms with E-state index in [2.05, 4.69) is 22.5 Å². The molecule has 0 spiro atoms. The zero-order valence-corrected chi connectivity index (χ0v) is 17.4. The molecule has 1 aromatic heterocycles. The number of nitrogens with zero attached hydrogens (tertiary/aromatic N) is 1. The van der Waals surface area contributed by atoms with E-state index in [9.17, 15) is 4.79 Å². The van der Waals surface area contributed by atoms with Gasteiger partial charge in [-0.05, 0) is 30.7 Å². The molecule has 1 amide bonds. The van der Waals surface area contributed by atoms with Gasteiger partial charge in [-0.15, -0.1) is 11.3 Å². The number of hydrogen-bond donors (Lipinski definition) is 2. The molecule has 0 aliphatic carbocycles. The summed E-state index contributed by atoms with van der Waals surface area (Å²) < 4.78 is 16.3. The molecule has 3 heterocycles. The second kappa shape index (κ2) is 7.52. The van der Waals surface area contributed by atoms with Crippen LogP contribution in [-0.2, 0) is 13.0 Å².